The number of hydrogen-bond donors (Lipinski definition) is 0. The second-order valence-corrected chi connectivity index (χ2v) is 11.1. The molecule has 0 aliphatic heterocycles. The maximum Gasteiger partial charge on any atom is 0.338 e. The van der Waals surface area contributed by atoms with Crippen LogP contribution in [0, 0.1) is 17.3 Å². The molecule has 5 heteroatoms. The molecule has 4 nitrogen and oxygen atoms in total. The van der Waals surface area contributed by atoms with E-state index in [4.69, 9.17) is 9.47 Å². The Balaban J connectivity index is 1.45. The average Bonchev–Trinajstić information content (AvgIpc) is 3.42. The first-order chi connectivity index (χ1) is 15.0. The summed E-state index contributed by atoms with van der Waals surface area (Å²) in [5.41, 5.74) is 1.33. The van der Waals surface area contributed by atoms with Crippen LogP contribution >= 0.6 is 8.58 Å². The molecular weight excluding hydrogens is 407 g/mol. The van der Waals surface area contributed by atoms with Crippen molar-refractivity contribution < 1.29 is 19.1 Å². The van der Waals surface area contributed by atoms with Gasteiger partial charge in [-0.2, -0.15) is 0 Å². The van der Waals surface area contributed by atoms with Gasteiger partial charge in [0.25, 0.3) is 0 Å². The van der Waals surface area contributed by atoms with Crippen LogP contribution in [-0.2, 0) is 9.47 Å². The molecule has 0 spiro atoms. The van der Waals surface area contributed by atoms with Crippen LogP contribution in [0.3, 0.4) is 0 Å². The molecule has 3 aliphatic rings. The van der Waals surface area contributed by atoms with Gasteiger partial charge in [0, 0.05) is 5.92 Å². The van der Waals surface area contributed by atoms with Crippen molar-refractivity contribution >= 4 is 20.5 Å². The van der Waals surface area contributed by atoms with Gasteiger partial charge in [-0.25, -0.2) is 9.59 Å². The molecule has 2 bridgehead atoms. The van der Waals surface area contributed by atoms with Crippen molar-refractivity contribution in [2.45, 2.75) is 50.0 Å². The number of fused-ring (bicyclic) bond motifs is 5. The van der Waals surface area contributed by atoms with Gasteiger partial charge in [-0.1, -0.05) is 43.3 Å². The van der Waals surface area contributed by atoms with Crippen LogP contribution in [0.25, 0.3) is 0 Å². The number of ether oxygens (including phenoxy) is 2. The zero-order valence-electron chi connectivity index (χ0n) is 18.0. The first kappa shape index (κ1) is 20.7. The summed E-state index contributed by atoms with van der Waals surface area (Å²) in [7, 11) is 0.793. The summed E-state index contributed by atoms with van der Waals surface area (Å²) in [6, 6.07) is 18.2. The Kier molecular flexibility index (Phi) is 5.17. The standard InChI is InChI=1S/C26H29O4P/c1-25-13-14-26(16-25,31-2)21-19(25)15-20(29-23(27)17-9-5-3-6-10-17)22(21)30-24(28)18-11-7-4-8-12-18/h3-12,19-22,31H,13-16H2,1-2H3. The Morgan fingerprint density at radius 1 is 0.903 bits per heavy atom. The lowest BCUT2D eigenvalue weighted by atomic mass is 9.72. The molecule has 7 unspecified atom stereocenters. The highest BCUT2D eigenvalue weighted by Gasteiger charge is 2.69. The quantitative estimate of drug-likeness (QED) is 0.470. The predicted molar refractivity (Wildman–Crippen MR) is 122 cm³/mol. The Morgan fingerprint density at radius 3 is 2.06 bits per heavy atom. The van der Waals surface area contributed by atoms with Crippen LogP contribution in [0.5, 0.6) is 0 Å². The third-order valence-corrected chi connectivity index (χ3v) is 9.81. The highest BCUT2D eigenvalue weighted by atomic mass is 31.1. The Labute approximate surface area is 185 Å². The monoisotopic (exact) mass is 436 g/mol. The van der Waals surface area contributed by atoms with Gasteiger partial charge in [0.2, 0.25) is 0 Å². The molecule has 0 saturated heterocycles. The van der Waals surface area contributed by atoms with Crippen LogP contribution in [0.4, 0.5) is 0 Å². The fourth-order valence-electron chi connectivity index (χ4n) is 6.61. The molecule has 0 amide bonds. The molecular formula is C26H29O4P. The van der Waals surface area contributed by atoms with Crippen molar-refractivity contribution in [3.63, 3.8) is 0 Å². The fraction of sp³-hybridized carbons (Fsp3) is 0.462. The van der Waals surface area contributed by atoms with Gasteiger partial charge in [0.1, 0.15) is 12.2 Å². The van der Waals surface area contributed by atoms with Crippen molar-refractivity contribution in [2.24, 2.45) is 17.3 Å². The lowest BCUT2D eigenvalue weighted by molar-refractivity contribution is -0.0396. The van der Waals surface area contributed by atoms with Gasteiger partial charge >= 0.3 is 11.9 Å². The van der Waals surface area contributed by atoms with Crippen LogP contribution in [0.1, 0.15) is 53.3 Å². The van der Waals surface area contributed by atoms with E-state index < -0.39 is 6.10 Å². The Hall–Kier alpha value is -2.19. The molecule has 3 fully saturated rings. The highest BCUT2D eigenvalue weighted by Crippen LogP contribution is 2.73. The average molecular weight is 436 g/mol. The summed E-state index contributed by atoms with van der Waals surface area (Å²) in [6.07, 6.45) is 3.58. The van der Waals surface area contributed by atoms with E-state index in [1.165, 1.54) is 19.3 Å². The second-order valence-electron chi connectivity index (χ2n) is 9.65. The lowest BCUT2D eigenvalue weighted by Crippen LogP contribution is -2.43. The summed E-state index contributed by atoms with van der Waals surface area (Å²) in [5.74, 6) is 0.0259. The molecule has 3 saturated carbocycles. The third kappa shape index (κ3) is 3.40. The van der Waals surface area contributed by atoms with Crippen molar-refractivity contribution in [1.82, 2.24) is 0 Å². The maximum atomic E-state index is 13.0. The minimum Gasteiger partial charge on any atom is -0.455 e. The predicted octanol–water partition coefficient (Wildman–Crippen LogP) is 5.32. The summed E-state index contributed by atoms with van der Waals surface area (Å²) in [4.78, 5) is 25.9. The van der Waals surface area contributed by atoms with Crippen molar-refractivity contribution in [1.29, 1.82) is 0 Å². The molecule has 0 radical (unpaired) electrons. The van der Waals surface area contributed by atoms with Crippen LogP contribution in [0.2, 0.25) is 0 Å². The molecule has 0 aromatic heterocycles. The molecule has 7 atom stereocenters. The molecule has 3 aliphatic carbocycles. The van der Waals surface area contributed by atoms with Gasteiger partial charge in [-0.15, -0.1) is 8.58 Å². The maximum absolute atomic E-state index is 13.0. The lowest BCUT2D eigenvalue weighted by Gasteiger charge is -2.39. The van der Waals surface area contributed by atoms with Gasteiger partial charge in [-0.3, -0.25) is 0 Å². The van der Waals surface area contributed by atoms with E-state index in [1.807, 2.05) is 36.4 Å². The Morgan fingerprint density at radius 2 is 1.48 bits per heavy atom. The normalized spacial score (nSPS) is 35.9. The van der Waals surface area contributed by atoms with E-state index >= 15 is 0 Å². The second kappa shape index (κ2) is 7.74. The van der Waals surface area contributed by atoms with E-state index in [1.54, 1.807) is 24.3 Å². The van der Waals surface area contributed by atoms with Gasteiger partial charge in [0.05, 0.1) is 11.1 Å². The van der Waals surface area contributed by atoms with Crippen LogP contribution in [0.15, 0.2) is 60.7 Å². The largest absolute Gasteiger partial charge is 0.455 e. The van der Waals surface area contributed by atoms with E-state index in [0.717, 1.165) is 15.0 Å². The first-order valence-electron chi connectivity index (χ1n) is 11.2. The highest BCUT2D eigenvalue weighted by molar-refractivity contribution is 7.39. The van der Waals surface area contributed by atoms with Gasteiger partial charge in [-0.05, 0) is 73.1 Å². The SMILES string of the molecule is CPC12CCC(C)(C1)C1CC(OC(=O)c3ccccc3)C(OC(=O)c3ccccc3)C12. The zero-order chi connectivity index (χ0) is 21.6. The van der Waals surface area contributed by atoms with Crippen LogP contribution in [-0.4, -0.2) is 36.0 Å². The molecule has 162 valence electrons. The molecule has 0 heterocycles. The molecule has 2 aromatic carbocycles. The summed E-state index contributed by atoms with van der Waals surface area (Å²) >= 11 is 0. The minimum atomic E-state index is -0.399. The number of carbonyl (C=O) groups excluding carboxylic acids is 2. The van der Waals surface area contributed by atoms with Crippen molar-refractivity contribution in [2.75, 3.05) is 6.66 Å². The molecule has 0 N–H and O–H groups in total. The van der Waals surface area contributed by atoms with E-state index in [-0.39, 0.29) is 34.5 Å². The summed E-state index contributed by atoms with van der Waals surface area (Å²) in [6.45, 7) is 4.67. The first-order valence-corrected chi connectivity index (χ1v) is 12.7. The molecule has 31 heavy (non-hydrogen) atoms. The number of benzene rings is 2. The number of carbonyl (C=O) groups is 2. The van der Waals surface area contributed by atoms with E-state index in [0.29, 0.717) is 17.0 Å². The fourth-order valence-corrected chi connectivity index (χ4v) is 8.26. The number of esters is 2. The van der Waals surface area contributed by atoms with E-state index in [9.17, 15) is 9.59 Å². The zero-order valence-corrected chi connectivity index (χ0v) is 19.0. The van der Waals surface area contributed by atoms with Crippen LogP contribution < -0.4 is 0 Å². The number of rotatable bonds is 5. The topological polar surface area (TPSA) is 52.6 Å². The van der Waals surface area contributed by atoms with Gasteiger partial charge in [0.15, 0.2) is 0 Å². The summed E-state index contributed by atoms with van der Waals surface area (Å²) < 4.78 is 12.2. The number of hydrogen-bond acceptors (Lipinski definition) is 4. The van der Waals surface area contributed by atoms with Gasteiger partial charge < -0.3 is 9.47 Å². The van der Waals surface area contributed by atoms with Crippen molar-refractivity contribution in [3.05, 3.63) is 71.8 Å². The molecule has 5 rings (SSSR count). The Bertz CT molecular complexity index is 977. The van der Waals surface area contributed by atoms with Crippen molar-refractivity contribution in [3.8, 4) is 0 Å². The minimum absolute atomic E-state index is 0.203. The molecule has 2 aromatic rings. The smallest absolute Gasteiger partial charge is 0.338 e. The third-order valence-electron chi connectivity index (χ3n) is 8.05. The summed E-state index contributed by atoms with van der Waals surface area (Å²) in [5, 5.41) is 0.203. The van der Waals surface area contributed by atoms with E-state index in [2.05, 4.69) is 13.6 Å².